The molecular formula is C16H22N2O3. The molecule has 114 valence electrons. The third-order valence-corrected chi connectivity index (χ3v) is 4.05. The van der Waals surface area contributed by atoms with E-state index in [4.69, 9.17) is 5.11 Å². The maximum absolute atomic E-state index is 12.2. The van der Waals surface area contributed by atoms with Gasteiger partial charge in [0.15, 0.2) is 0 Å². The first-order valence-electron chi connectivity index (χ1n) is 7.20. The fourth-order valence-electron chi connectivity index (χ4n) is 2.78. The first-order chi connectivity index (χ1) is 9.97. The summed E-state index contributed by atoms with van der Waals surface area (Å²) >= 11 is 0. The SMILES string of the molecule is C[C@@H]1CN(CC(=O)N(C)Cc2ccccc2)C[C@H]1C(=O)O. The molecule has 1 N–H and O–H groups in total. The number of nitrogens with zero attached hydrogens (tertiary/aromatic N) is 2. The maximum atomic E-state index is 12.2. The second kappa shape index (κ2) is 6.72. The van der Waals surface area contributed by atoms with Crippen molar-refractivity contribution in [3.8, 4) is 0 Å². The van der Waals surface area contributed by atoms with E-state index in [-0.39, 0.29) is 24.3 Å². The second-order valence-electron chi connectivity index (χ2n) is 5.85. The van der Waals surface area contributed by atoms with Crippen molar-refractivity contribution < 1.29 is 14.7 Å². The smallest absolute Gasteiger partial charge is 0.308 e. The van der Waals surface area contributed by atoms with Gasteiger partial charge < -0.3 is 10.0 Å². The predicted octanol–water partition coefficient (Wildman–Crippen LogP) is 1.30. The number of likely N-dealkylation sites (tertiary alicyclic amines) is 1. The standard InChI is InChI=1S/C16H22N2O3/c1-12-8-18(10-14(12)16(20)21)11-15(19)17(2)9-13-6-4-3-5-7-13/h3-7,12,14H,8-11H2,1-2H3,(H,20,21)/t12-,14-/m1/s1. The van der Waals surface area contributed by atoms with Gasteiger partial charge in [0.2, 0.25) is 5.91 Å². The Morgan fingerprint density at radius 3 is 2.52 bits per heavy atom. The quantitative estimate of drug-likeness (QED) is 0.888. The number of hydrogen-bond donors (Lipinski definition) is 1. The van der Waals surface area contributed by atoms with Crippen LogP contribution in [0.1, 0.15) is 12.5 Å². The number of amides is 1. The van der Waals surface area contributed by atoms with Gasteiger partial charge in [0, 0.05) is 26.7 Å². The number of carbonyl (C=O) groups excluding carboxylic acids is 1. The van der Waals surface area contributed by atoms with Gasteiger partial charge in [-0.25, -0.2) is 0 Å². The fraction of sp³-hybridized carbons (Fsp3) is 0.500. The van der Waals surface area contributed by atoms with Crippen LogP contribution in [0.2, 0.25) is 0 Å². The number of benzene rings is 1. The minimum Gasteiger partial charge on any atom is -0.481 e. The summed E-state index contributed by atoms with van der Waals surface area (Å²) in [6.45, 7) is 3.92. The summed E-state index contributed by atoms with van der Waals surface area (Å²) in [5, 5.41) is 9.12. The molecule has 0 aromatic heterocycles. The predicted molar refractivity (Wildman–Crippen MR) is 79.6 cm³/mol. The first kappa shape index (κ1) is 15.5. The van der Waals surface area contributed by atoms with Gasteiger partial charge in [-0.05, 0) is 11.5 Å². The third-order valence-electron chi connectivity index (χ3n) is 4.05. The van der Waals surface area contributed by atoms with Crippen LogP contribution < -0.4 is 0 Å². The largest absolute Gasteiger partial charge is 0.481 e. The lowest BCUT2D eigenvalue weighted by molar-refractivity contribution is -0.142. The summed E-state index contributed by atoms with van der Waals surface area (Å²) in [5.41, 5.74) is 1.09. The Morgan fingerprint density at radius 2 is 1.95 bits per heavy atom. The molecule has 2 atom stereocenters. The molecule has 2 rings (SSSR count). The molecule has 1 saturated heterocycles. The number of carbonyl (C=O) groups is 2. The zero-order valence-electron chi connectivity index (χ0n) is 12.5. The van der Waals surface area contributed by atoms with Crippen molar-refractivity contribution in [2.75, 3.05) is 26.7 Å². The van der Waals surface area contributed by atoms with Crippen LogP contribution in [0.15, 0.2) is 30.3 Å². The van der Waals surface area contributed by atoms with E-state index in [1.807, 2.05) is 42.2 Å². The summed E-state index contributed by atoms with van der Waals surface area (Å²) in [6, 6.07) is 9.83. The zero-order chi connectivity index (χ0) is 15.4. The Kier molecular flexibility index (Phi) is 4.96. The molecule has 0 unspecified atom stereocenters. The van der Waals surface area contributed by atoms with Gasteiger partial charge in [0.1, 0.15) is 0 Å². The molecule has 0 aliphatic carbocycles. The Morgan fingerprint density at radius 1 is 1.29 bits per heavy atom. The van der Waals surface area contributed by atoms with Crippen molar-refractivity contribution in [3.63, 3.8) is 0 Å². The molecule has 1 amide bonds. The van der Waals surface area contributed by atoms with Gasteiger partial charge in [-0.2, -0.15) is 0 Å². The third kappa shape index (κ3) is 4.04. The van der Waals surface area contributed by atoms with E-state index in [2.05, 4.69) is 0 Å². The number of likely N-dealkylation sites (N-methyl/N-ethyl adjacent to an activating group) is 1. The van der Waals surface area contributed by atoms with Gasteiger partial charge in [-0.3, -0.25) is 14.5 Å². The lowest BCUT2D eigenvalue weighted by atomic mass is 9.99. The molecule has 0 saturated carbocycles. The number of hydrogen-bond acceptors (Lipinski definition) is 3. The molecule has 1 aromatic rings. The van der Waals surface area contributed by atoms with Gasteiger partial charge in [-0.15, -0.1) is 0 Å². The van der Waals surface area contributed by atoms with Crippen molar-refractivity contribution in [2.24, 2.45) is 11.8 Å². The molecule has 1 heterocycles. The average Bonchev–Trinajstić information content (AvgIpc) is 2.80. The highest BCUT2D eigenvalue weighted by Crippen LogP contribution is 2.22. The molecule has 1 fully saturated rings. The lowest BCUT2D eigenvalue weighted by Crippen LogP contribution is -2.37. The molecule has 21 heavy (non-hydrogen) atoms. The van der Waals surface area contributed by atoms with Crippen molar-refractivity contribution in [3.05, 3.63) is 35.9 Å². The van der Waals surface area contributed by atoms with Crippen molar-refractivity contribution in [2.45, 2.75) is 13.5 Å². The topological polar surface area (TPSA) is 60.9 Å². The normalized spacial score (nSPS) is 22.2. The van der Waals surface area contributed by atoms with E-state index in [0.717, 1.165) is 5.56 Å². The number of rotatable bonds is 5. The van der Waals surface area contributed by atoms with Gasteiger partial charge >= 0.3 is 5.97 Å². The van der Waals surface area contributed by atoms with E-state index in [9.17, 15) is 9.59 Å². The van der Waals surface area contributed by atoms with Crippen LogP contribution in [0, 0.1) is 11.8 Å². The van der Waals surface area contributed by atoms with Crippen molar-refractivity contribution in [1.82, 2.24) is 9.80 Å². The molecule has 1 aliphatic rings. The highest BCUT2D eigenvalue weighted by Gasteiger charge is 2.35. The molecule has 5 nitrogen and oxygen atoms in total. The van der Waals surface area contributed by atoms with E-state index in [0.29, 0.717) is 19.6 Å². The Balaban J connectivity index is 1.86. The number of carboxylic acid groups (broad SMARTS) is 1. The van der Waals surface area contributed by atoms with Gasteiger partial charge in [0.05, 0.1) is 12.5 Å². The monoisotopic (exact) mass is 290 g/mol. The van der Waals surface area contributed by atoms with Crippen LogP contribution in [-0.4, -0.2) is 53.5 Å². The summed E-state index contributed by atoms with van der Waals surface area (Å²) < 4.78 is 0. The van der Waals surface area contributed by atoms with Crippen molar-refractivity contribution in [1.29, 1.82) is 0 Å². The summed E-state index contributed by atoms with van der Waals surface area (Å²) in [7, 11) is 1.78. The molecule has 1 aromatic carbocycles. The Hall–Kier alpha value is -1.88. The van der Waals surface area contributed by atoms with Crippen molar-refractivity contribution >= 4 is 11.9 Å². The molecule has 5 heteroatoms. The molecular weight excluding hydrogens is 268 g/mol. The highest BCUT2D eigenvalue weighted by atomic mass is 16.4. The Bertz CT molecular complexity index is 504. The van der Waals surface area contributed by atoms with E-state index < -0.39 is 5.97 Å². The van der Waals surface area contributed by atoms with Crippen LogP contribution >= 0.6 is 0 Å². The van der Waals surface area contributed by atoms with E-state index in [1.54, 1.807) is 11.9 Å². The number of carboxylic acids is 1. The van der Waals surface area contributed by atoms with E-state index in [1.165, 1.54) is 0 Å². The van der Waals surface area contributed by atoms with Gasteiger partial charge in [-0.1, -0.05) is 37.3 Å². The summed E-state index contributed by atoms with van der Waals surface area (Å²) in [5.74, 6) is -1.01. The summed E-state index contributed by atoms with van der Waals surface area (Å²) in [4.78, 5) is 26.9. The maximum Gasteiger partial charge on any atom is 0.308 e. The molecule has 0 radical (unpaired) electrons. The summed E-state index contributed by atoms with van der Waals surface area (Å²) in [6.07, 6.45) is 0. The molecule has 0 bridgehead atoms. The first-order valence-corrected chi connectivity index (χ1v) is 7.20. The van der Waals surface area contributed by atoms with Crippen LogP contribution in [-0.2, 0) is 16.1 Å². The fourth-order valence-corrected chi connectivity index (χ4v) is 2.78. The highest BCUT2D eigenvalue weighted by molar-refractivity contribution is 5.78. The molecule has 1 aliphatic heterocycles. The minimum atomic E-state index is -0.768. The van der Waals surface area contributed by atoms with Gasteiger partial charge in [0.25, 0.3) is 0 Å². The lowest BCUT2D eigenvalue weighted by Gasteiger charge is -2.21. The molecule has 0 spiro atoms. The second-order valence-corrected chi connectivity index (χ2v) is 5.85. The van der Waals surface area contributed by atoms with Crippen LogP contribution in [0.5, 0.6) is 0 Å². The van der Waals surface area contributed by atoms with Crippen LogP contribution in [0.25, 0.3) is 0 Å². The van der Waals surface area contributed by atoms with Crippen LogP contribution in [0.3, 0.4) is 0 Å². The minimum absolute atomic E-state index is 0.0251. The van der Waals surface area contributed by atoms with E-state index >= 15 is 0 Å². The average molecular weight is 290 g/mol. The Labute approximate surface area is 125 Å². The number of aliphatic carboxylic acids is 1. The van der Waals surface area contributed by atoms with Crippen LogP contribution in [0.4, 0.5) is 0 Å². The zero-order valence-corrected chi connectivity index (χ0v) is 12.5.